The summed E-state index contributed by atoms with van der Waals surface area (Å²) in [6.07, 6.45) is 1.50. The number of aliphatic hydroxyl groups is 1. The molecule has 0 saturated carbocycles. The molecule has 2 aromatic rings. The predicted octanol–water partition coefficient (Wildman–Crippen LogP) is 4.38. The van der Waals surface area contributed by atoms with E-state index in [1.54, 1.807) is 17.8 Å². The van der Waals surface area contributed by atoms with E-state index in [0.29, 0.717) is 17.0 Å². The second-order valence-electron chi connectivity index (χ2n) is 12.8. The van der Waals surface area contributed by atoms with Gasteiger partial charge in [-0.25, -0.2) is 9.50 Å². The van der Waals surface area contributed by atoms with Gasteiger partial charge in [-0.2, -0.15) is 5.10 Å². The third-order valence-electron chi connectivity index (χ3n) is 8.28. The molecule has 36 heavy (non-hydrogen) atoms. The van der Waals surface area contributed by atoms with Crippen molar-refractivity contribution in [1.82, 2.24) is 14.6 Å². The van der Waals surface area contributed by atoms with E-state index < -0.39 is 40.5 Å². The SMILES string of the molecule is CN=C[C@@]1(c2ccc3c(N)ncnn23)O[C@H](CO)C(O[Si](C)(C)C(C)(C)C)C1O[Si](C)(C)C(C)(C)C. The second kappa shape index (κ2) is 9.59. The maximum absolute atomic E-state index is 10.5. The van der Waals surface area contributed by atoms with Gasteiger partial charge in [0.2, 0.25) is 0 Å². The molecule has 0 radical (unpaired) electrons. The van der Waals surface area contributed by atoms with Crippen LogP contribution in [0.4, 0.5) is 5.82 Å². The molecule has 1 saturated heterocycles. The molecule has 11 heteroatoms. The summed E-state index contributed by atoms with van der Waals surface area (Å²) < 4.78 is 22.6. The van der Waals surface area contributed by atoms with Gasteiger partial charge in [-0.3, -0.25) is 4.99 Å². The van der Waals surface area contributed by atoms with E-state index in [9.17, 15) is 5.11 Å². The van der Waals surface area contributed by atoms with Gasteiger partial charge in [-0.15, -0.1) is 0 Å². The van der Waals surface area contributed by atoms with E-state index in [1.165, 1.54) is 6.33 Å². The molecule has 4 atom stereocenters. The third kappa shape index (κ3) is 4.93. The van der Waals surface area contributed by atoms with E-state index in [1.807, 2.05) is 12.1 Å². The van der Waals surface area contributed by atoms with Gasteiger partial charge in [0.05, 0.1) is 12.3 Å². The average molecular weight is 536 g/mol. The summed E-state index contributed by atoms with van der Waals surface area (Å²) in [7, 11) is -2.90. The van der Waals surface area contributed by atoms with Gasteiger partial charge in [0.25, 0.3) is 0 Å². The summed E-state index contributed by atoms with van der Waals surface area (Å²) in [5, 5.41) is 14.9. The first-order valence-corrected chi connectivity index (χ1v) is 18.4. The Hall–Kier alpha value is -1.64. The lowest BCUT2D eigenvalue weighted by Crippen LogP contribution is -2.57. The summed E-state index contributed by atoms with van der Waals surface area (Å²) in [5.41, 5.74) is 6.38. The van der Waals surface area contributed by atoms with Gasteiger partial charge in [-0.1, -0.05) is 41.5 Å². The highest BCUT2D eigenvalue weighted by Crippen LogP contribution is 2.49. The largest absolute Gasteiger partial charge is 0.408 e. The number of aliphatic hydroxyl groups excluding tert-OH is 1. The van der Waals surface area contributed by atoms with E-state index in [0.717, 1.165) is 0 Å². The molecule has 3 N–H and O–H groups in total. The van der Waals surface area contributed by atoms with Crippen molar-refractivity contribution in [1.29, 1.82) is 0 Å². The minimum absolute atomic E-state index is 0.0396. The van der Waals surface area contributed by atoms with E-state index in [2.05, 4.69) is 82.8 Å². The van der Waals surface area contributed by atoms with Gasteiger partial charge < -0.3 is 24.4 Å². The Morgan fingerprint density at radius 1 is 1.11 bits per heavy atom. The molecule has 0 aliphatic carbocycles. The topological polar surface area (TPSA) is 116 Å². The number of fused-ring (bicyclic) bond motifs is 1. The van der Waals surface area contributed by atoms with Crippen molar-refractivity contribution in [2.75, 3.05) is 19.4 Å². The third-order valence-corrected chi connectivity index (χ3v) is 17.2. The molecule has 0 bridgehead atoms. The Morgan fingerprint density at radius 2 is 1.69 bits per heavy atom. The van der Waals surface area contributed by atoms with E-state index in [-0.39, 0.29) is 16.7 Å². The number of anilines is 1. The molecular formula is C25H45N5O4Si2. The van der Waals surface area contributed by atoms with Crippen molar-refractivity contribution in [3.05, 3.63) is 24.2 Å². The summed E-state index contributed by atoms with van der Waals surface area (Å²) in [5.74, 6) is 0.368. The molecule has 2 unspecified atom stereocenters. The van der Waals surface area contributed by atoms with Crippen LogP contribution in [0.5, 0.6) is 0 Å². The Kier molecular flexibility index (Phi) is 7.71. The number of aliphatic imine (C=N–C) groups is 1. The number of hydrogen-bond acceptors (Lipinski definition) is 8. The average Bonchev–Trinajstić information content (AvgIpc) is 3.28. The van der Waals surface area contributed by atoms with Crippen LogP contribution in [-0.4, -0.2) is 74.5 Å². The molecule has 3 rings (SSSR count). The number of hydrogen-bond donors (Lipinski definition) is 2. The fourth-order valence-electron chi connectivity index (χ4n) is 4.08. The molecule has 0 spiro atoms. The lowest BCUT2D eigenvalue weighted by atomic mass is 9.92. The molecule has 0 aromatic carbocycles. The fourth-order valence-corrected chi connectivity index (χ4v) is 6.69. The van der Waals surface area contributed by atoms with Crippen molar-refractivity contribution in [2.45, 2.75) is 102 Å². The Labute approximate surface area is 217 Å². The predicted molar refractivity (Wildman–Crippen MR) is 150 cm³/mol. The monoisotopic (exact) mass is 535 g/mol. The Morgan fingerprint density at radius 3 is 2.22 bits per heavy atom. The molecule has 9 nitrogen and oxygen atoms in total. The Bertz CT molecular complexity index is 1110. The zero-order chi connectivity index (χ0) is 27.3. The van der Waals surface area contributed by atoms with Crippen LogP contribution in [0.25, 0.3) is 5.52 Å². The highest BCUT2D eigenvalue weighted by atomic mass is 28.4. The van der Waals surface area contributed by atoms with Crippen LogP contribution in [0, 0.1) is 0 Å². The first kappa shape index (κ1) is 28.9. The zero-order valence-corrected chi connectivity index (χ0v) is 25.8. The van der Waals surface area contributed by atoms with Crippen molar-refractivity contribution in [2.24, 2.45) is 4.99 Å². The lowest BCUT2D eigenvalue weighted by Gasteiger charge is -2.45. The number of ether oxygens (including phenoxy) is 1. The summed E-state index contributed by atoms with van der Waals surface area (Å²) in [6.45, 7) is 21.9. The van der Waals surface area contributed by atoms with Gasteiger partial charge in [0.15, 0.2) is 28.1 Å². The standard InChI is InChI=1S/C25H45N5O4Si2/c1-23(2,3)35(8,9)33-20-18(14-31)32-25(15-27-7,21(20)34-36(10,11)24(4,5)6)19-13-12-17-22(26)28-16-29-30(17)19/h12-13,15-16,18,20-21,31H,14H2,1-11H3,(H2,26,28,29)/t18-,20?,21?,25+/m1/s1. The molecule has 202 valence electrons. The van der Waals surface area contributed by atoms with Gasteiger partial charge in [0, 0.05) is 13.3 Å². The van der Waals surface area contributed by atoms with Crippen LogP contribution < -0.4 is 5.73 Å². The minimum atomic E-state index is -2.34. The van der Waals surface area contributed by atoms with Crippen molar-refractivity contribution in [3.63, 3.8) is 0 Å². The molecule has 1 fully saturated rings. The first-order chi connectivity index (χ1) is 16.4. The fraction of sp³-hybridized carbons (Fsp3) is 0.720. The molecule has 0 amide bonds. The molecular weight excluding hydrogens is 490 g/mol. The van der Waals surface area contributed by atoms with E-state index in [4.69, 9.17) is 19.3 Å². The van der Waals surface area contributed by atoms with Crippen LogP contribution in [0.1, 0.15) is 47.2 Å². The summed E-state index contributed by atoms with van der Waals surface area (Å²) >= 11 is 0. The van der Waals surface area contributed by atoms with Crippen LogP contribution >= 0.6 is 0 Å². The van der Waals surface area contributed by atoms with Gasteiger partial charge in [-0.05, 0) is 48.4 Å². The van der Waals surface area contributed by atoms with E-state index >= 15 is 0 Å². The van der Waals surface area contributed by atoms with Crippen molar-refractivity contribution < 1.29 is 18.7 Å². The molecule has 1 aliphatic rings. The Balaban J connectivity index is 2.29. The number of nitrogens with zero attached hydrogens (tertiary/aromatic N) is 4. The first-order valence-electron chi connectivity index (χ1n) is 12.6. The summed E-state index contributed by atoms with van der Waals surface area (Å²) in [4.78, 5) is 8.57. The number of rotatable bonds is 7. The molecule has 3 heterocycles. The van der Waals surface area contributed by atoms with Crippen LogP contribution in [0.15, 0.2) is 23.5 Å². The normalized spacial score (nSPS) is 26.4. The van der Waals surface area contributed by atoms with Crippen LogP contribution in [-0.2, 0) is 19.2 Å². The quantitative estimate of drug-likeness (QED) is 0.399. The van der Waals surface area contributed by atoms with Gasteiger partial charge in [0.1, 0.15) is 30.2 Å². The summed E-state index contributed by atoms with van der Waals surface area (Å²) in [6, 6.07) is 3.80. The number of aromatic nitrogens is 3. The number of nitrogens with two attached hydrogens (primary N) is 1. The minimum Gasteiger partial charge on any atom is -0.408 e. The number of nitrogen functional groups attached to an aromatic ring is 1. The van der Waals surface area contributed by atoms with Gasteiger partial charge >= 0.3 is 0 Å². The van der Waals surface area contributed by atoms with Crippen molar-refractivity contribution >= 4 is 34.2 Å². The smallest absolute Gasteiger partial charge is 0.192 e. The van der Waals surface area contributed by atoms with Crippen LogP contribution in [0.3, 0.4) is 0 Å². The van der Waals surface area contributed by atoms with Crippen LogP contribution in [0.2, 0.25) is 36.3 Å². The lowest BCUT2D eigenvalue weighted by molar-refractivity contribution is -0.0515. The highest BCUT2D eigenvalue weighted by Gasteiger charge is 2.61. The van der Waals surface area contributed by atoms with Crippen molar-refractivity contribution in [3.8, 4) is 0 Å². The molecule has 1 aliphatic heterocycles. The molecule has 2 aromatic heterocycles. The maximum Gasteiger partial charge on any atom is 0.192 e. The second-order valence-corrected chi connectivity index (χ2v) is 22.3. The highest BCUT2D eigenvalue weighted by molar-refractivity contribution is 6.74. The zero-order valence-electron chi connectivity index (χ0n) is 23.8. The maximum atomic E-state index is 10.5.